The van der Waals surface area contributed by atoms with E-state index in [9.17, 15) is 14.0 Å². The minimum atomic E-state index is -0.462. The second kappa shape index (κ2) is 11.7. The van der Waals surface area contributed by atoms with E-state index in [1.54, 1.807) is 36.4 Å². The summed E-state index contributed by atoms with van der Waals surface area (Å²) in [6, 6.07) is 15.1. The molecule has 0 heterocycles. The van der Waals surface area contributed by atoms with Crippen LogP contribution in [0.5, 0.6) is 17.2 Å². The number of methoxy groups -OCH3 is 2. The molecule has 2 amide bonds. The summed E-state index contributed by atoms with van der Waals surface area (Å²) in [5.41, 5.74) is 3.75. The molecule has 34 heavy (non-hydrogen) atoms. The molecule has 0 atom stereocenters. The molecule has 0 spiro atoms. The molecule has 0 saturated carbocycles. The Morgan fingerprint density at radius 3 is 2.53 bits per heavy atom. The van der Waals surface area contributed by atoms with Crippen LogP contribution in [0.4, 0.5) is 10.1 Å². The van der Waals surface area contributed by atoms with Crippen LogP contribution in [0.3, 0.4) is 0 Å². The fourth-order valence-electron chi connectivity index (χ4n) is 2.82. The average molecular weight is 486 g/mol. The quantitative estimate of drug-likeness (QED) is 0.348. The minimum Gasteiger partial charge on any atom is -0.497 e. The number of hydrogen-bond donors (Lipinski definition) is 2. The van der Waals surface area contributed by atoms with Crippen molar-refractivity contribution in [2.45, 2.75) is 0 Å². The second-order valence-electron chi connectivity index (χ2n) is 6.81. The molecule has 0 aromatic heterocycles. The van der Waals surface area contributed by atoms with Crippen molar-refractivity contribution in [3.63, 3.8) is 0 Å². The second-order valence-corrected chi connectivity index (χ2v) is 7.22. The predicted molar refractivity (Wildman–Crippen MR) is 127 cm³/mol. The summed E-state index contributed by atoms with van der Waals surface area (Å²) in [5.74, 6) is -0.307. The van der Waals surface area contributed by atoms with Gasteiger partial charge in [-0.3, -0.25) is 9.59 Å². The van der Waals surface area contributed by atoms with Gasteiger partial charge in [-0.1, -0.05) is 17.7 Å². The highest BCUT2D eigenvalue weighted by Crippen LogP contribution is 2.36. The maximum absolute atomic E-state index is 13.0. The summed E-state index contributed by atoms with van der Waals surface area (Å²) in [6.07, 6.45) is 1.39. The van der Waals surface area contributed by atoms with E-state index in [2.05, 4.69) is 15.8 Å². The van der Waals surface area contributed by atoms with E-state index in [1.807, 2.05) is 0 Å². The average Bonchev–Trinajstić information content (AvgIpc) is 2.84. The van der Waals surface area contributed by atoms with Crippen LogP contribution in [0, 0.1) is 5.82 Å². The lowest BCUT2D eigenvalue weighted by molar-refractivity contribution is -0.118. The van der Waals surface area contributed by atoms with Gasteiger partial charge < -0.3 is 19.5 Å². The van der Waals surface area contributed by atoms with Gasteiger partial charge in [0.15, 0.2) is 18.1 Å². The Morgan fingerprint density at radius 1 is 1.06 bits per heavy atom. The summed E-state index contributed by atoms with van der Waals surface area (Å²) < 4.78 is 28.9. The molecule has 0 radical (unpaired) electrons. The van der Waals surface area contributed by atoms with Crippen LogP contribution in [0.2, 0.25) is 5.02 Å². The molecule has 0 aliphatic carbocycles. The van der Waals surface area contributed by atoms with Gasteiger partial charge >= 0.3 is 0 Å². The topological polar surface area (TPSA) is 98.3 Å². The van der Waals surface area contributed by atoms with Crippen LogP contribution in [-0.4, -0.2) is 38.9 Å². The van der Waals surface area contributed by atoms with Crippen LogP contribution in [0.1, 0.15) is 15.9 Å². The maximum Gasteiger partial charge on any atom is 0.271 e. The highest BCUT2D eigenvalue weighted by atomic mass is 35.5. The van der Waals surface area contributed by atoms with Crippen molar-refractivity contribution in [3.05, 3.63) is 82.6 Å². The Morgan fingerprint density at radius 2 is 1.82 bits per heavy atom. The van der Waals surface area contributed by atoms with E-state index >= 15 is 0 Å². The van der Waals surface area contributed by atoms with Gasteiger partial charge in [0.2, 0.25) is 0 Å². The van der Waals surface area contributed by atoms with Gasteiger partial charge in [-0.05, 0) is 60.2 Å². The standard InChI is InChI=1S/C24H21ClFN3O5/c1-32-19-5-3-4-16(12-19)24(31)29-27-13-15-10-20(25)23(21(11-15)33-2)34-14-22(30)28-18-8-6-17(26)7-9-18/h3-13H,14H2,1-2H3,(H,28,30)(H,29,31)/b27-13+. The van der Waals surface area contributed by atoms with Gasteiger partial charge in [0.1, 0.15) is 11.6 Å². The largest absolute Gasteiger partial charge is 0.497 e. The third-order valence-electron chi connectivity index (χ3n) is 4.44. The van der Waals surface area contributed by atoms with Gasteiger partial charge in [-0.2, -0.15) is 5.10 Å². The van der Waals surface area contributed by atoms with Gasteiger partial charge in [0.25, 0.3) is 11.8 Å². The van der Waals surface area contributed by atoms with Crippen LogP contribution < -0.4 is 25.0 Å². The van der Waals surface area contributed by atoms with Crippen LogP contribution in [0.15, 0.2) is 65.8 Å². The Bertz CT molecular complexity index is 1200. The predicted octanol–water partition coefficient (Wildman–Crippen LogP) is 4.28. The number of hydrogen-bond acceptors (Lipinski definition) is 6. The number of hydrazone groups is 1. The number of carbonyl (C=O) groups is 2. The number of anilines is 1. The zero-order chi connectivity index (χ0) is 24.5. The first-order valence-corrected chi connectivity index (χ1v) is 10.3. The molecule has 8 nitrogen and oxygen atoms in total. The lowest BCUT2D eigenvalue weighted by atomic mass is 10.2. The SMILES string of the molecule is COc1cccc(C(=O)N/N=C/c2cc(Cl)c(OCC(=O)Nc3ccc(F)cc3)c(OC)c2)c1. The number of nitrogens with zero attached hydrogens (tertiary/aromatic N) is 1. The zero-order valence-corrected chi connectivity index (χ0v) is 19.1. The zero-order valence-electron chi connectivity index (χ0n) is 18.3. The summed E-state index contributed by atoms with van der Waals surface area (Å²) >= 11 is 6.30. The van der Waals surface area contributed by atoms with E-state index in [1.165, 1.54) is 44.7 Å². The van der Waals surface area contributed by atoms with Gasteiger partial charge in [0, 0.05) is 11.3 Å². The number of amides is 2. The van der Waals surface area contributed by atoms with Crippen molar-refractivity contribution >= 4 is 35.3 Å². The molecule has 3 aromatic rings. The van der Waals surface area contributed by atoms with E-state index < -0.39 is 17.6 Å². The lowest BCUT2D eigenvalue weighted by Crippen LogP contribution is -2.20. The minimum absolute atomic E-state index is 0.163. The fourth-order valence-corrected chi connectivity index (χ4v) is 3.09. The van der Waals surface area contributed by atoms with Crippen molar-refractivity contribution in [1.82, 2.24) is 5.43 Å². The first-order chi connectivity index (χ1) is 16.4. The number of carbonyl (C=O) groups excluding carboxylic acids is 2. The number of rotatable bonds is 9. The summed E-state index contributed by atoms with van der Waals surface area (Å²) in [5, 5.41) is 6.69. The van der Waals surface area contributed by atoms with Gasteiger partial charge in [-0.25, -0.2) is 9.82 Å². The van der Waals surface area contributed by atoms with Gasteiger partial charge in [0.05, 0.1) is 25.5 Å². The smallest absolute Gasteiger partial charge is 0.271 e. The molecule has 0 aliphatic rings. The normalized spacial score (nSPS) is 10.6. The Kier molecular flexibility index (Phi) is 8.42. The molecular weight excluding hydrogens is 465 g/mol. The number of nitrogens with one attached hydrogen (secondary N) is 2. The number of ether oxygens (including phenoxy) is 3. The van der Waals surface area contributed by atoms with Crippen LogP contribution in [0.25, 0.3) is 0 Å². The molecule has 0 unspecified atom stereocenters. The molecule has 3 aromatic carbocycles. The third kappa shape index (κ3) is 6.69. The highest BCUT2D eigenvalue weighted by molar-refractivity contribution is 6.32. The summed E-state index contributed by atoms with van der Waals surface area (Å²) in [7, 11) is 2.93. The number of halogens is 2. The molecule has 3 rings (SSSR count). The molecule has 2 N–H and O–H groups in total. The molecule has 0 saturated heterocycles. The van der Waals surface area contributed by atoms with Crippen LogP contribution in [-0.2, 0) is 4.79 Å². The Balaban J connectivity index is 1.62. The lowest BCUT2D eigenvalue weighted by Gasteiger charge is -2.13. The molecule has 0 fully saturated rings. The third-order valence-corrected chi connectivity index (χ3v) is 4.72. The van der Waals surface area contributed by atoms with Crippen molar-refractivity contribution in [1.29, 1.82) is 0 Å². The van der Waals surface area contributed by atoms with Crippen molar-refractivity contribution < 1.29 is 28.2 Å². The van der Waals surface area contributed by atoms with E-state index in [0.29, 0.717) is 22.6 Å². The monoisotopic (exact) mass is 485 g/mol. The Hall–Kier alpha value is -4.11. The summed E-state index contributed by atoms with van der Waals surface area (Å²) in [4.78, 5) is 24.4. The molecule has 10 heteroatoms. The molecule has 176 valence electrons. The number of benzene rings is 3. The first-order valence-electron chi connectivity index (χ1n) is 9.93. The Labute approximate surface area is 200 Å². The fraction of sp³-hybridized carbons (Fsp3) is 0.125. The summed E-state index contributed by atoms with van der Waals surface area (Å²) in [6.45, 7) is -0.350. The van der Waals surface area contributed by atoms with E-state index in [4.69, 9.17) is 25.8 Å². The molecule has 0 bridgehead atoms. The van der Waals surface area contributed by atoms with Crippen LogP contribution >= 0.6 is 11.6 Å². The first kappa shape index (κ1) is 24.5. The van der Waals surface area contributed by atoms with E-state index in [-0.39, 0.29) is 23.1 Å². The molecule has 0 aliphatic heterocycles. The van der Waals surface area contributed by atoms with Crippen molar-refractivity contribution in [2.24, 2.45) is 5.10 Å². The maximum atomic E-state index is 13.0. The van der Waals surface area contributed by atoms with Crippen molar-refractivity contribution in [2.75, 3.05) is 26.1 Å². The molecular formula is C24H21ClFN3O5. The van der Waals surface area contributed by atoms with Crippen molar-refractivity contribution in [3.8, 4) is 17.2 Å². The van der Waals surface area contributed by atoms with E-state index in [0.717, 1.165) is 0 Å². The van der Waals surface area contributed by atoms with Gasteiger partial charge in [-0.15, -0.1) is 0 Å². The highest BCUT2D eigenvalue weighted by Gasteiger charge is 2.14.